The van der Waals surface area contributed by atoms with Crippen LogP contribution < -0.4 is 11.1 Å². The van der Waals surface area contributed by atoms with E-state index in [1.54, 1.807) is 0 Å². The number of amides is 1. The normalized spacial score (nSPS) is 11.8. The van der Waals surface area contributed by atoms with Gasteiger partial charge in [-0.15, -0.1) is 0 Å². The maximum Gasteiger partial charge on any atom is 0.326 e. The lowest BCUT2D eigenvalue weighted by Gasteiger charge is -2.14. The second-order valence-electron chi connectivity index (χ2n) is 3.99. The summed E-state index contributed by atoms with van der Waals surface area (Å²) in [5.74, 6) is -1.53. The standard InChI is InChI=1S/C13H18N2O4/c14-6-7-19-9-12(16)15-11(13(17)18)8-10-4-2-1-3-5-10/h1-5,11H,6-9,14H2,(H,15,16)(H,17,18)/t11-/m1/s1. The third-order valence-corrected chi connectivity index (χ3v) is 2.41. The highest BCUT2D eigenvalue weighted by atomic mass is 16.5. The van der Waals surface area contributed by atoms with Crippen LogP contribution in [-0.2, 0) is 20.7 Å². The zero-order valence-corrected chi connectivity index (χ0v) is 10.5. The molecule has 0 heterocycles. The third-order valence-electron chi connectivity index (χ3n) is 2.41. The highest BCUT2D eigenvalue weighted by Crippen LogP contribution is 2.03. The summed E-state index contributed by atoms with van der Waals surface area (Å²) in [4.78, 5) is 22.6. The predicted octanol–water partition coefficient (Wildman–Crippen LogP) is -0.226. The number of nitrogens with two attached hydrogens (primary N) is 1. The second kappa shape index (κ2) is 8.23. The minimum Gasteiger partial charge on any atom is -0.480 e. The fourth-order valence-corrected chi connectivity index (χ4v) is 1.53. The molecule has 104 valence electrons. The topological polar surface area (TPSA) is 102 Å². The quantitative estimate of drug-likeness (QED) is 0.564. The van der Waals surface area contributed by atoms with Gasteiger partial charge < -0.3 is 20.9 Å². The number of carboxylic acid groups (broad SMARTS) is 1. The molecule has 1 atom stereocenters. The first kappa shape index (κ1) is 15.1. The molecule has 0 saturated carbocycles. The summed E-state index contributed by atoms with van der Waals surface area (Å²) in [6, 6.07) is 8.15. The molecule has 0 aliphatic carbocycles. The molecular weight excluding hydrogens is 248 g/mol. The zero-order valence-electron chi connectivity index (χ0n) is 10.5. The molecule has 0 fully saturated rings. The Morgan fingerprint density at radius 3 is 2.58 bits per heavy atom. The van der Waals surface area contributed by atoms with Crippen LogP contribution in [0.25, 0.3) is 0 Å². The van der Waals surface area contributed by atoms with Crippen molar-refractivity contribution < 1.29 is 19.4 Å². The van der Waals surface area contributed by atoms with E-state index in [2.05, 4.69) is 5.32 Å². The van der Waals surface area contributed by atoms with Gasteiger partial charge in [-0.1, -0.05) is 30.3 Å². The van der Waals surface area contributed by atoms with Gasteiger partial charge in [0.05, 0.1) is 6.61 Å². The first-order chi connectivity index (χ1) is 9.13. The van der Waals surface area contributed by atoms with Crippen molar-refractivity contribution in [1.29, 1.82) is 0 Å². The van der Waals surface area contributed by atoms with Crippen molar-refractivity contribution in [1.82, 2.24) is 5.32 Å². The Morgan fingerprint density at radius 1 is 1.32 bits per heavy atom. The van der Waals surface area contributed by atoms with Crippen molar-refractivity contribution >= 4 is 11.9 Å². The fraction of sp³-hybridized carbons (Fsp3) is 0.385. The molecule has 0 aromatic heterocycles. The number of benzene rings is 1. The van der Waals surface area contributed by atoms with Gasteiger partial charge in [-0.25, -0.2) is 4.79 Å². The van der Waals surface area contributed by atoms with Gasteiger partial charge in [0.25, 0.3) is 0 Å². The van der Waals surface area contributed by atoms with Gasteiger partial charge in [0.15, 0.2) is 0 Å². The molecule has 1 aromatic rings. The number of ether oxygens (including phenoxy) is 1. The second-order valence-corrected chi connectivity index (χ2v) is 3.99. The zero-order chi connectivity index (χ0) is 14.1. The summed E-state index contributed by atoms with van der Waals surface area (Å²) in [7, 11) is 0. The Hall–Kier alpha value is -1.92. The van der Waals surface area contributed by atoms with E-state index in [-0.39, 0.29) is 19.6 Å². The minimum atomic E-state index is -1.07. The maximum absolute atomic E-state index is 11.5. The average Bonchev–Trinajstić information content (AvgIpc) is 2.39. The first-order valence-electron chi connectivity index (χ1n) is 5.97. The van der Waals surface area contributed by atoms with Gasteiger partial charge in [0.2, 0.25) is 5.91 Å². The summed E-state index contributed by atoms with van der Waals surface area (Å²) >= 11 is 0. The van der Waals surface area contributed by atoms with Crippen molar-refractivity contribution in [2.24, 2.45) is 5.73 Å². The number of rotatable bonds is 8. The molecule has 4 N–H and O–H groups in total. The van der Waals surface area contributed by atoms with Crippen LogP contribution in [0, 0.1) is 0 Å². The first-order valence-corrected chi connectivity index (χ1v) is 5.97. The minimum absolute atomic E-state index is 0.185. The van der Waals surface area contributed by atoms with Gasteiger partial charge in [-0.3, -0.25) is 4.79 Å². The van der Waals surface area contributed by atoms with E-state index in [0.29, 0.717) is 6.54 Å². The molecule has 0 aliphatic heterocycles. The van der Waals surface area contributed by atoms with Crippen LogP contribution in [-0.4, -0.2) is 42.8 Å². The number of aliphatic carboxylic acids is 1. The van der Waals surface area contributed by atoms with Gasteiger partial charge >= 0.3 is 5.97 Å². The van der Waals surface area contributed by atoms with E-state index in [1.165, 1.54) is 0 Å². The number of nitrogens with one attached hydrogen (secondary N) is 1. The lowest BCUT2D eigenvalue weighted by Crippen LogP contribution is -2.44. The Balaban J connectivity index is 2.49. The number of carbonyl (C=O) groups is 2. The number of hydrogen-bond acceptors (Lipinski definition) is 4. The molecule has 6 heteroatoms. The molecule has 0 saturated heterocycles. The van der Waals surface area contributed by atoms with Crippen LogP contribution in [0.15, 0.2) is 30.3 Å². The van der Waals surface area contributed by atoms with E-state index < -0.39 is 17.9 Å². The van der Waals surface area contributed by atoms with Crippen LogP contribution >= 0.6 is 0 Å². The number of carbonyl (C=O) groups excluding carboxylic acids is 1. The Kier molecular flexibility index (Phi) is 6.56. The van der Waals surface area contributed by atoms with E-state index in [0.717, 1.165) is 5.56 Å². The smallest absolute Gasteiger partial charge is 0.326 e. The highest BCUT2D eigenvalue weighted by molar-refractivity contribution is 5.84. The van der Waals surface area contributed by atoms with Crippen molar-refractivity contribution in [3.63, 3.8) is 0 Å². The van der Waals surface area contributed by atoms with Crippen molar-refractivity contribution in [3.05, 3.63) is 35.9 Å². The van der Waals surface area contributed by atoms with Crippen LogP contribution in [0.5, 0.6) is 0 Å². The molecule has 0 bridgehead atoms. The predicted molar refractivity (Wildman–Crippen MR) is 69.6 cm³/mol. The van der Waals surface area contributed by atoms with E-state index >= 15 is 0 Å². The molecule has 0 unspecified atom stereocenters. The van der Waals surface area contributed by atoms with Crippen LogP contribution in [0.4, 0.5) is 0 Å². The summed E-state index contributed by atoms with van der Waals surface area (Å²) in [5, 5.41) is 11.5. The van der Waals surface area contributed by atoms with E-state index in [9.17, 15) is 9.59 Å². The molecule has 1 aromatic carbocycles. The average molecular weight is 266 g/mol. The van der Waals surface area contributed by atoms with Crippen LogP contribution in [0.2, 0.25) is 0 Å². The summed E-state index contributed by atoms with van der Waals surface area (Å²) < 4.78 is 4.95. The van der Waals surface area contributed by atoms with E-state index in [4.69, 9.17) is 15.6 Å². The van der Waals surface area contributed by atoms with Crippen molar-refractivity contribution in [2.45, 2.75) is 12.5 Å². The lowest BCUT2D eigenvalue weighted by molar-refractivity contribution is -0.142. The monoisotopic (exact) mass is 266 g/mol. The largest absolute Gasteiger partial charge is 0.480 e. The summed E-state index contributed by atoms with van der Waals surface area (Å²) in [6.07, 6.45) is 0.235. The Morgan fingerprint density at radius 2 is 2.00 bits per heavy atom. The number of hydrogen-bond donors (Lipinski definition) is 3. The molecule has 19 heavy (non-hydrogen) atoms. The number of carboxylic acids is 1. The molecule has 1 rings (SSSR count). The lowest BCUT2D eigenvalue weighted by atomic mass is 10.1. The summed E-state index contributed by atoms with van der Waals surface area (Å²) in [5.41, 5.74) is 6.06. The third kappa shape index (κ3) is 5.98. The molecule has 0 aliphatic rings. The fourth-order valence-electron chi connectivity index (χ4n) is 1.53. The van der Waals surface area contributed by atoms with Crippen LogP contribution in [0.1, 0.15) is 5.56 Å². The molecular formula is C13H18N2O4. The molecule has 1 amide bonds. The van der Waals surface area contributed by atoms with Gasteiger partial charge in [0.1, 0.15) is 12.6 Å². The van der Waals surface area contributed by atoms with Crippen LogP contribution in [0.3, 0.4) is 0 Å². The van der Waals surface area contributed by atoms with Gasteiger partial charge in [-0.2, -0.15) is 0 Å². The van der Waals surface area contributed by atoms with Gasteiger partial charge in [0, 0.05) is 13.0 Å². The highest BCUT2D eigenvalue weighted by Gasteiger charge is 2.20. The van der Waals surface area contributed by atoms with Gasteiger partial charge in [-0.05, 0) is 5.56 Å². The maximum atomic E-state index is 11.5. The molecule has 0 radical (unpaired) electrons. The van der Waals surface area contributed by atoms with E-state index in [1.807, 2.05) is 30.3 Å². The van der Waals surface area contributed by atoms with Crippen molar-refractivity contribution in [2.75, 3.05) is 19.8 Å². The van der Waals surface area contributed by atoms with Crippen molar-refractivity contribution in [3.8, 4) is 0 Å². The Bertz CT molecular complexity index is 408. The Labute approximate surface area is 111 Å². The SMILES string of the molecule is NCCOCC(=O)N[C@H](Cc1ccccc1)C(=O)O. The molecule has 6 nitrogen and oxygen atoms in total. The molecule has 0 spiro atoms. The summed E-state index contributed by atoms with van der Waals surface area (Å²) in [6.45, 7) is 0.402.